The van der Waals surface area contributed by atoms with Gasteiger partial charge in [-0.05, 0) is 17.5 Å². The molecule has 0 atom stereocenters. The van der Waals surface area contributed by atoms with E-state index >= 15 is 0 Å². The standard InChI is InChI=1S/C25H28N6O3S.4C2H6/c32-15-21(33)30-8-6-29(7-9-30)14-17-16-35-24-22(17)27-25(31-10-12-34-13-11-31)28-23(24)19-2-1-3-20-18(19)4-5-26-20;4*1-2/h1-5,16,26,32H,6-15H2;4*1-2H3. The molecule has 43 heavy (non-hydrogen) atoms. The maximum atomic E-state index is 11.8. The van der Waals surface area contributed by atoms with E-state index in [0.29, 0.717) is 26.3 Å². The number of hydrogen-bond acceptors (Lipinski definition) is 8. The fourth-order valence-corrected chi connectivity index (χ4v) is 5.94. The van der Waals surface area contributed by atoms with E-state index in [9.17, 15) is 4.79 Å². The van der Waals surface area contributed by atoms with Crippen LogP contribution in [0, 0.1) is 0 Å². The minimum absolute atomic E-state index is 0.197. The van der Waals surface area contributed by atoms with Crippen LogP contribution in [0.5, 0.6) is 0 Å². The Labute approximate surface area is 261 Å². The molecular formula is C33H52N6O3S. The third kappa shape index (κ3) is 8.75. The minimum Gasteiger partial charge on any atom is -0.387 e. The third-order valence-electron chi connectivity index (χ3n) is 6.88. The second-order valence-electron chi connectivity index (χ2n) is 8.97. The van der Waals surface area contributed by atoms with E-state index in [1.165, 1.54) is 5.56 Å². The Morgan fingerprint density at radius 3 is 2.26 bits per heavy atom. The average molecular weight is 613 g/mol. The van der Waals surface area contributed by atoms with E-state index < -0.39 is 6.61 Å². The number of aliphatic hydroxyl groups is 1. The topological polar surface area (TPSA) is 97.8 Å². The van der Waals surface area contributed by atoms with Crippen LogP contribution in [0.4, 0.5) is 5.95 Å². The van der Waals surface area contributed by atoms with Crippen molar-refractivity contribution in [3.63, 3.8) is 0 Å². The lowest BCUT2D eigenvalue weighted by Crippen LogP contribution is -2.49. The summed E-state index contributed by atoms with van der Waals surface area (Å²) >= 11 is 1.70. The predicted octanol–water partition coefficient (Wildman–Crippen LogP) is 6.42. The molecule has 5 heterocycles. The molecule has 2 N–H and O–H groups in total. The summed E-state index contributed by atoms with van der Waals surface area (Å²) < 4.78 is 6.66. The van der Waals surface area contributed by atoms with Gasteiger partial charge in [-0.3, -0.25) is 9.69 Å². The van der Waals surface area contributed by atoms with Gasteiger partial charge < -0.3 is 24.6 Å². The summed E-state index contributed by atoms with van der Waals surface area (Å²) in [7, 11) is 0. The summed E-state index contributed by atoms with van der Waals surface area (Å²) in [5.74, 6) is 0.554. The average Bonchev–Trinajstić information content (AvgIpc) is 3.76. The van der Waals surface area contributed by atoms with Crippen molar-refractivity contribution in [2.75, 3.05) is 64.0 Å². The highest BCUT2D eigenvalue weighted by Crippen LogP contribution is 2.38. The summed E-state index contributed by atoms with van der Waals surface area (Å²) in [5, 5.41) is 12.5. The lowest BCUT2D eigenvalue weighted by Gasteiger charge is -2.34. The molecule has 0 radical (unpaired) electrons. The van der Waals surface area contributed by atoms with E-state index in [1.54, 1.807) is 16.2 Å². The molecule has 1 amide bonds. The van der Waals surface area contributed by atoms with E-state index in [1.807, 2.05) is 61.6 Å². The highest BCUT2D eigenvalue weighted by Gasteiger charge is 2.24. The first-order chi connectivity index (χ1) is 21.2. The molecule has 0 unspecified atom stereocenters. The van der Waals surface area contributed by atoms with Crippen LogP contribution < -0.4 is 4.90 Å². The van der Waals surface area contributed by atoms with Gasteiger partial charge in [0, 0.05) is 74.0 Å². The maximum Gasteiger partial charge on any atom is 0.248 e. The first-order valence-electron chi connectivity index (χ1n) is 16.0. The molecule has 2 aliphatic rings. The number of carbonyl (C=O) groups is 1. The summed E-state index contributed by atoms with van der Waals surface area (Å²) in [5.41, 5.74) is 5.36. The molecule has 2 fully saturated rings. The van der Waals surface area contributed by atoms with Crippen molar-refractivity contribution in [1.29, 1.82) is 0 Å². The van der Waals surface area contributed by atoms with Crippen LogP contribution in [0.1, 0.15) is 61.0 Å². The number of carbonyl (C=O) groups excluding carboxylic acids is 1. The number of benzene rings is 1. The van der Waals surface area contributed by atoms with Gasteiger partial charge in [-0.2, -0.15) is 0 Å². The number of nitrogens with zero attached hydrogens (tertiary/aromatic N) is 5. The van der Waals surface area contributed by atoms with Gasteiger partial charge in [0.2, 0.25) is 11.9 Å². The number of morpholine rings is 1. The quantitative estimate of drug-likeness (QED) is 0.269. The summed E-state index contributed by atoms with van der Waals surface area (Å²) in [4.78, 5) is 31.6. The van der Waals surface area contributed by atoms with Gasteiger partial charge in [0.15, 0.2) is 0 Å². The number of H-pyrrole nitrogens is 1. The highest BCUT2D eigenvalue weighted by atomic mass is 32.1. The van der Waals surface area contributed by atoms with Gasteiger partial charge in [-0.25, -0.2) is 9.97 Å². The van der Waals surface area contributed by atoms with Crippen molar-refractivity contribution in [2.24, 2.45) is 0 Å². The fourth-order valence-electron chi connectivity index (χ4n) is 4.94. The van der Waals surface area contributed by atoms with Crippen molar-refractivity contribution in [3.8, 4) is 11.3 Å². The second kappa shape index (κ2) is 19.3. The molecule has 0 saturated carbocycles. The number of fused-ring (bicyclic) bond motifs is 2. The fraction of sp³-hybridized carbons (Fsp3) is 0.545. The van der Waals surface area contributed by atoms with Crippen LogP contribution in [0.15, 0.2) is 35.8 Å². The van der Waals surface area contributed by atoms with Gasteiger partial charge in [0.05, 0.1) is 29.1 Å². The third-order valence-corrected chi connectivity index (χ3v) is 7.90. The molecule has 4 aromatic rings. The smallest absolute Gasteiger partial charge is 0.248 e. The summed E-state index contributed by atoms with van der Waals surface area (Å²) in [6.07, 6.45) is 1.97. The number of ether oxygens (including phenoxy) is 1. The number of piperazine rings is 1. The van der Waals surface area contributed by atoms with Gasteiger partial charge >= 0.3 is 0 Å². The number of thiophene rings is 1. The van der Waals surface area contributed by atoms with Crippen LogP contribution in [0.2, 0.25) is 0 Å². The van der Waals surface area contributed by atoms with Gasteiger partial charge in [0.1, 0.15) is 6.61 Å². The molecule has 2 aliphatic heterocycles. The second-order valence-corrected chi connectivity index (χ2v) is 9.85. The van der Waals surface area contributed by atoms with E-state index in [2.05, 4.69) is 44.4 Å². The SMILES string of the molecule is CC.CC.CC.CC.O=C(CO)N1CCN(Cc2csc3c(-c4cccc5[nH]ccc45)nc(N4CCOCC4)nc23)CC1. The zero-order chi connectivity index (χ0) is 31.8. The lowest BCUT2D eigenvalue weighted by molar-refractivity contribution is -0.135. The largest absolute Gasteiger partial charge is 0.387 e. The van der Waals surface area contributed by atoms with Gasteiger partial charge in [-0.15, -0.1) is 11.3 Å². The van der Waals surface area contributed by atoms with Crippen molar-refractivity contribution in [2.45, 2.75) is 61.9 Å². The van der Waals surface area contributed by atoms with Gasteiger partial charge in [-0.1, -0.05) is 67.5 Å². The Morgan fingerprint density at radius 1 is 0.930 bits per heavy atom. The van der Waals surface area contributed by atoms with E-state index in [-0.39, 0.29) is 5.91 Å². The van der Waals surface area contributed by atoms with Crippen LogP contribution >= 0.6 is 11.3 Å². The van der Waals surface area contributed by atoms with Crippen molar-refractivity contribution >= 4 is 44.3 Å². The van der Waals surface area contributed by atoms with E-state index in [4.69, 9.17) is 19.8 Å². The Hall–Kier alpha value is -3.05. The molecule has 238 valence electrons. The van der Waals surface area contributed by atoms with Crippen LogP contribution in [-0.4, -0.2) is 94.9 Å². The number of hydrogen-bond donors (Lipinski definition) is 2. The Morgan fingerprint density at radius 2 is 1.60 bits per heavy atom. The van der Waals surface area contributed by atoms with Crippen LogP contribution in [-0.2, 0) is 16.1 Å². The number of amides is 1. The lowest BCUT2D eigenvalue weighted by atomic mass is 10.1. The molecular weight excluding hydrogens is 560 g/mol. The Kier molecular flexibility index (Phi) is 16.2. The van der Waals surface area contributed by atoms with Crippen molar-refractivity contribution in [3.05, 3.63) is 41.4 Å². The molecule has 1 aromatic carbocycles. The maximum absolute atomic E-state index is 11.8. The number of nitrogens with one attached hydrogen (secondary N) is 1. The molecule has 2 saturated heterocycles. The van der Waals surface area contributed by atoms with Gasteiger partial charge in [0.25, 0.3) is 0 Å². The zero-order valence-corrected chi connectivity index (χ0v) is 28.3. The molecule has 0 spiro atoms. The number of rotatable bonds is 5. The summed E-state index contributed by atoms with van der Waals surface area (Å²) in [6, 6.07) is 8.39. The van der Waals surface area contributed by atoms with Crippen molar-refractivity contribution < 1.29 is 14.6 Å². The van der Waals surface area contributed by atoms with E-state index in [0.717, 1.165) is 71.0 Å². The number of aromatic amines is 1. The first kappa shape index (κ1) is 36.1. The minimum atomic E-state index is -0.424. The van der Waals surface area contributed by atoms with Crippen LogP contribution in [0.3, 0.4) is 0 Å². The molecule has 6 rings (SSSR count). The zero-order valence-electron chi connectivity index (χ0n) is 27.4. The summed E-state index contributed by atoms with van der Waals surface area (Å²) in [6.45, 7) is 22.1. The highest BCUT2D eigenvalue weighted by molar-refractivity contribution is 7.17. The number of aliphatic hydroxyl groups excluding tert-OH is 1. The number of aromatic nitrogens is 3. The number of anilines is 1. The molecule has 3 aromatic heterocycles. The molecule has 9 nitrogen and oxygen atoms in total. The molecule has 10 heteroatoms. The monoisotopic (exact) mass is 612 g/mol. The normalized spacial score (nSPS) is 14.8. The Balaban J connectivity index is 0.000000748. The molecule has 0 aliphatic carbocycles. The van der Waals surface area contributed by atoms with Crippen LogP contribution in [0.25, 0.3) is 32.4 Å². The predicted molar refractivity (Wildman–Crippen MR) is 182 cm³/mol. The Bertz CT molecular complexity index is 1360. The molecule has 0 bridgehead atoms. The first-order valence-corrected chi connectivity index (χ1v) is 16.9. The van der Waals surface area contributed by atoms with Crippen molar-refractivity contribution in [1.82, 2.24) is 24.8 Å².